The molecular weight excluding hydrogens is 303 g/mol. The molecule has 1 aromatic heterocycles. The van der Waals surface area contributed by atoms with Crippen molar-refractivity contribution in [3.63, 3.8) is 0 Å². The van der Waals surface area contributed by atoms with E-state index in [0.717, 1.165) is 11.1 Å². The highest BCUT2D eigenvalue weighted by atomic mass is 32.1. The summed E-state index contributed by atoms with van der Waals surface area (Å²) in [4.78, 5) is 0. The van der Waals surface area contributed by atoms with Gasteiger partial charge in [0, 0.05) is 12.1 Å². The van der Waals surface area contributed by atoms with Crippen LogP contribution < -0.4 is 10.1 Å². The van der Waals surface area contributed by atoms with Gasteiger partial charge < -0.3 is 10.1 Å². The Morgan fingerprint density at radius 2 is 2.05 bits per heavy atom. The Morgan fingerprint density at radius 3 is 2.67 bits per heavy atom. The Kier molecular flexibility index (Phi) is 4.66. The molecule has 114 valence electrons. The van der Waals surface area contributed by atoms with Gasteiger partial charge in [-0.15, -0.1) is 10.2 Å². The Labute approximate surface area is 124 Å². The van der Waals surface area contributed by atoms with Crippen LogP contribution in [0.15, 0.2) is 18.2 Å². The molecule has 0 amide bonds. The van der Waals surface area contributed by atoms with E-state index in [0.29, 0.717) is 30.2 Å². The molecule has 0 atom stereocenters. The molecule has 2 rings (SSSR count). The Morgan fingerprint density at radius 1 is 1.29 bits per heavy atom. The number of anilines is 1. The number of nitrogens with zero attached hydrogens (tertiary/aromatic N) is 2. The summed E-state index contributed by atoms with van der Waals surface area (Å²) in [5.74, 6) is 0.713. The van der Waals surface area contributed by atoms with E-state index in [-0.39, 0.29) is 5.13 Å². The number of ether oxygens (including phenoxy) is 1. The number of benzene rings is 1. The van der Waals surface area contributed by atoms with Crippen molar-refractivity contribution in [2.24, 2.45) is 0 Å². The monoisotopic (exact) mass is 317 g/mol. The number of halogens is 3. The van der Waals surface area contributed by atoms with Crippen molar-refractivity contribution in [3.8, 4) is 5.75 Å². The summed E-state index contributed by atoms with van der Waals surface area (Å²) in [6.45, 7) is 4.66. The molecule has 0 unspecified atom stereocenters. The normalized spacial score (nSPS) is 11.5. The maximum Gasteiger partial charge on any atom is 0.445 e. The van der Waals surface area contributed by atoms with E-state index in [1.807, 2.05) is 32.0 Å². The smallest absolute Gasteiger partial charge is 0.445 e. The van der Waals surface area contributed by atoms with Gasteiger partial charge in [0.1, 0.15) is 5.75 Å². The average molecular weight is 317 g/mol. The SMILES string of the molecule is CCOc1cc(C)ccc1CNc1nnc(C(F)(F)F)s1. The minimum atomic E-state index is -4.46. The lowest BCUT2D eigenvalue weighted by molar-refractivity contribution is -0.138. The van der Waals surface area contributed by atoms with Gasteiger partial charge in [-0.1, -0.05) is 23.5 Å². The fraction of sp³-hybridized carbons (Fsp3) is 0.385. The summed E-state index contributed by atoms with van der Waals surface area (Å²) in [6, 6.07) is 5.68. The standard InChI is InChI=1S/C13H14F3N3OS/c1-3-20-10-6-8(2)4-5-9(10)7-17-12-19-18-11(21-12)13(14,15)16/h4-6H,3,7H2,1-2H3,(H,17,19). The van der Waals surface area contributed by atoms with Gasteiger partial charge in [0.15, 0.2) is 0 Å². The number of alkyl halides is 3. The molecule has 1 heterocycles. The number of rotatable bonds is 5. The first kappa shape index (κ1) is 15.6. The number of hydrogen-bond donors (Lipinski definition) is 1. The summed E-state index contributed by atoms with van der Waals surface area (Å²) < 4.78 is 42.8. The van der Waals surface area contributed by atoms with Crippen LogP contribution in [0.2, 0.25) is 0 Å². The second-order valence-corrected chi connectivity index (χ2v) is 5.29. The van der Waals surface area contributed by atoms with Gasteiger partial charge in [0.25, 0.3) is 0 Å². The third kappa shape index (κ3) is 4.07. The topological polar surface area (TPSA) is 47.0 Å². The lowest BCUT2D eigenvalue weighted by Crippen LogP contribution is -2.03. The van der Waals surface area contributed by atoms with Gasteiger partial charge in [-0.25, -0.2) is 0 Å². The number of hydrogen-bond acceptors (Lipinski definition) is 5. The van der Waals surface area contributed by atoms with Crippen LogP contribution in [0.4, 0.5) is 18.3 Å². The Bertz CT molecular complexity index is 613. The van der Waals surface area contributed by atoms with Crippen molar-refractivity contribution in [2.75, 3.05) is 11.9 Å². The van der Waals surface area contributed by atoms with Crippen molar-refractivity contribution >= 4 is 16.5 Å². The molecule has 8 heteroatoms. The molecule has 4 nitrogen and oxygen atoms in total. The second kappa shape index (κ2) is 6.30. The summed E-state index contributed by atoms with van der Waals surface area (Å²) in [5, 5.41) is 8.62. The van der Waals surface area contributed by atoms with E-state index < -0.39 is 11.2 Å². The fourth-order valence-corrected chi connectivity index (χ4v) is 2.28. The molecule has 21 heavy (non-hydrogen) atoms. The van der Waals surface area contributed by atoms with E-state index >= 15 is 0 Å². The second-order valence-electron chi connectivity index (χ2n) is 4.31. The van der Waals surface area contributed by atoms with Crippen LogP contribution in [0.3, 0.4) is 0 Å². The maximum absolute atomic E-state index is 12.4. The number of aromatic nitrogens is 2. The van der Waals surface area contributed by atoms with E-state index in [1.165, 1.54) is 0 Å². The lowest BCUT2D eigenvalue weighted by atomic mass is 10.1. The molecule has 0 saturated heterocycles. The molecule has 0 saturated carbocycles. The molecule has 2 aromatic rings. The predicted octanol–water partition coefficient (Wildman–Crippen LogP) is 3.88. The van der Waals surface area contributed by atoms with Crippen LogP contribution in [-0.4, -0.2) is 16.8 Å². The van der Waals surface area contributed by atoms with Crippen molar-refractivity contribution in [1.82, 2.24) is 10.2 Å². The van der Waals surface area contributed by atoms with Crippen molar-refractivity contribution in [2.45, 2.75) is 26.6 Å². The first-order valence-corrected chi connectivity index (χ1v) is 7.08. The molecule has 0 aliphatic carbocycles. The molecule has 0 bridgehead atoms. The Balaban J connectivity index is 2.08. The van der Waals surface area contributed by atoms with E-state index in [9.17, 15) is 13.2 Å². The van der Waals surface area contributed by atoms with Crippen LogP contribution in [0, 0.1) is 6.92 Å². The minimum Gasteiger partial charge on any atom is -0.494 e. The molecule has 0 aliphatic heterocycles. The van der Waals surface area contributed by atoms with E-state index in [4.69, 9.17) is 4.74 Å². The third-order valence-corrected chi connectivity index (χ3v) is 3.55. The Hall–Kier alpha value is -1.83. The van der Waals surface area contributed by atoms with Crippen molar-refractivity contribution in [3.05, 3.63) is 34.3 Å². The zero-order chi connectivity index (χ0) is 15.5. The number of aryl methyl sites for hydroxylation is 1. The lowest BCUT2D eigenvalue weighted by Gasteiger charge is -2.11. The third-order valence-electron chi connectivity index (χ3n) is 2.62. The zero-order valence-corrected chi connectivity index (χ0v) is 12.3. The quantitative estimate of drug-likeness (QED) is 0.909. The summed E-state index contributed by atoms with van der Waals surface area (Å²) >= 11 is 0.482. The van der Waals surface area contributed by atoms with Crippen molar-refractivity contribution < 1.29 is 17.9 Å². The molecule has 1 N–H and O–H groups in total. The summed E-state index contributed by atoms with van der Waals surface area (Å²) in [5.41, 5.74) is 1.91. The van der Waals surface area contributed by atoms with Gasteiger partial charge in [0.05, 0.1) is 6.61 Å². The molecule has 1 aromatic carbocycles. The van der Waals surface area contributed by atoms with Gasteiger partial charge >= 0.3 is 6.18 Å². The average Bonchev–Trinajstić information content (AvgIpc) is 2.87. The van der Waals surface area contributed by atoms with Crippen LogP contribution in [-0.2, 0) is 12.7 Å². The van der Waals surface area contributed by atoms with Gasteiger partial charge in [-0.3, -0.25) is 0 Å². The van der Waals surface area contributed by atoms with Gasteiger partial charge in [-0.05, 0) is 25.5 Å². The van der Waals surface area contributed by atoms with Gasteiger partial charge in [0.2, 0.25) is 10.1 Å². The predicted molar refractivity (Wildman–Crippen MR) is 74.6 cm³/mol. The first-order chi connectivity index (χ1) is 9.90. The largest absolute Gasteiger partial charge is 0.494 e. The van der Waals surface area contributed by atoms with Gasteiger partial charge in [-0.2, -0.15) is 13.2 Å². The highest BCUT2D eigenvalue weighted by Gasteiger charge is 2.35. The van der Waals surface area contributed by atoms with Crippen LogP contribution in [0.5, 0.6) is 5.75 Å². The summed E-state index contributed by atoms with van der Waals surface area (Å²) in [6.07, 6.45) is -4.46. The van der Waals surface area contributed by atoms with Crippen molar-refractivity contribution in [1.29, 1.82) is 0 Å². The zero-order valence-electron chi connectivity index (χ0n) is 11.5. The maximum atomic E-state index is 12.4. The first-order valence-electron chi connectivity index (χ1n) is 6.27. The highest BCUT2D eigenvalue weighted by Crippen LogP contribution is 2.33. The molecule has 0 radical (unpaired) electrons. The van der Waals surface area contributed by atoms with E-state index in [2.05, 4.69) is 15.5 Å². The van der Waals surface area contributed by atoms with E-state index in [1.54, 1.807) is 0 Å². The fourth-order valence-electron chi connectivity index (χ4n) is 1.68. The minimum absolute atomic E-state index is 0.130. The van der Waals surface area contributed by atoms with Crippen LogP contribution in [0.25, 0.3) is 0 Å². The van der Waals surface area contributed by atoms with Crippen LogP contribution >= 0.6 is 11.3 Å². The molecule has 0 spiro atoms. The highest BCUT2D eigenvalue weighted by molar-refractivity contribution is 7.15. The molecular formula is C13H14F3N3OS. The molecule has 0 aliphatic rings. The molecule has 0 fully saturated rings. The summed E-state index contributed by atoms with van der Waals surface area (Å²) in [7, 11) is 0. The number of nitrogens with one attached hydrogen (secondary N) is 1. The van der Waals surface area contributed by atoms with Crippen LogP contribution in [0.1, 0.15) is 23.1 Å².